The van der Waals surface area contributed by atoms with Crippen molar-refractivity contribution in [1.82, 2.24) is 20.4 Å². The number of halogens is 1. The van der Waals surface area contributed by atoms with Gasteiger partial charge in [-0.1, -0.05) is 23.5 Å². The molecule has 1 unspecified atom stereocenters. The SMILES string of the molecule is COc1ccc(CC(N)CNc2nnc(-c3cc4cn[nH]c4cc3F)s2)cc1. The van der Waals surface area contributed by atoms with Crippen molar-refractivity contribution in [2.45, 2.75) is 12.5 Å². The van der Waals surface area contributed by atoms with Gasteiger partial charge in [0.15, 0.2) is 5.01 Å². The molecule has 0 bridgehead atoms. The Morgan fingerprint density at radius 3 is 2.86 bits per heavy atom. The van der Waals surface area contributed by atoms with E-state index < -0.39 is 0 Å². The average molecular weight is 398 g/mol. The van der Waals surface area contributed by atoms with Gasteiger partial charge in [-0.15, -0.1) is 10.2 Å². The maximum atomic E-state index is 14.3. The van der Waals surface area contributed by atoms with Crippen molar-refractivity contribution >= 4 is 27.4 Å². The zero-order chi connectivity index (χ0) is 19.5. The molecule has 2 aromatic heterocycles. The van der Waals surface area contributed by atoms with E-state index >= 15 is 0 Å². The second-order valence-electron chi connectivity index (χ2n) is 6.39. The molecule has 0 amide bonds. The van der Waals surface area contributed by atoms with Crippen molar-refractivity contribution in [2.75, 3.05) is 19.0 Å². The summed E-state index contributed by atoms with van der Waals surface area (Å²) in [6, 6.07) is 10.9. The topological polar surface area (TPSA) is 102 Å². The van der Waals surface area contributed by atoms with Gasteiger partial charge in [0.25, 0.3) is 0 Å². The Bertz CT molecular complexity index is 1080. The molecule has 1 atom stereocenters. The number of ether oxygens (including phenoxy) is 1. The summed E-state index contributed by atoms with van der Waals surface area (Å²) in [6.07, 6.45) is 2.37. The largest absolute Gasteiger partial charge is 0.497 e. The van der Waals surface area contributed by atoms with Crippen LogP contribution in [0.15, 0.2) is 42.6 Å². The Hall–Kier alpha value is -3.04. The molecule has 2 heterocycles. The highest BCUT2D eigenvalue weighted by atomic mass is 32.1. The van der Waals surface area contributed by atoms with E-state index in [1.807, 2.05) is 24.3 Å². The first-order chi connectivity index (χ1) is 13.6. The van der Waals surface area contributed by atoms with Gasteiger partial charge in [0.05, 0.1) is 18.8 Å². The molecule has 0 aliphatic heterocycles. The zero-order valence-electron chi connectivity index (χ0n) is 15.1. The molecule has 0 aliphatic carbocycles. The quantitative estimate of drug-likeness (QED) is 0.442. The van der Waals surface area contributed by atoms with Gasteiger partial charge in [0.1, 0.15) is 11.6 Å². The lowest BCUT2D eigenvalue weighted by atomic mass is 10.1. The summed E-state index contributed by atoms with van der Waals surface area (Å²) in [4.78, 5) is 0. The third-order valence-electron chi connectivity index (χ3n) is 4.36. The number of hydrogen-bond acceptors (Lipinski definition) is 7. The third kappa shape index (κ3) is 3.95. The molecular formula is C19H19FN6OS. The molecule has 7 nitrogen and oxygen atoms in total. The third-order valence-corrected chi connectivity index (χ3v) is 5.27. The summed E-state index contributed by atoms with van der Waals surface area (Å²) in [6.45, 7) is 0.532. The highest BCUT2D eigenvalue weighted by Crippen LogP contribution is 2.31. The fraction of sp³-hybridized carbons (Fsp3) is 0.211. The van der Waals surface area contributed by atoms with E-state index in [1.165, 1.54) is 17.4 Å². The first-order valence-electron chi connectivity index (χ1n) is 8.71. The fourth-order valence-corrected chi connectivity index (χ4v) is 3.66. The van der Waals surface area contributed by atoms with E-state index in [0.29, 0.717) is 34.2 Å². The molecule has 0 radical (unpaired) electrons. The lowest BCUT2D eigenvalue weighted by molar-refractivity contribution is 0.414. The van der Waals surface area contributed by atoms with Crippen molar-refractivity contribution in [3.05, 3.63) is 54.0 Å². The molecule has 9 heteroatoms. The Labute approximate surface area is 164 Å². The van der Waals surface area contributed by atoms with Crippen molar-refractivity contribution in [3.8, 4) is 16.3 Å². The number of nitrogens with one attached hydrogen (secondary N) is 2. The first-order valence-corrected chi connectivity index (χ1v) is 9.53. The number of aromatic nitrogens is 4. The normalized spacial score (nSPS) is 12.2. The van der Waals surface area contributed by atoms with Gasteiger partial charge < -0.3 is 15.8 Å². The van der Waals surface area contributed by atoms with E-state index in [-0.39, 0.29) is 11.9 Å². The van der Waals surface area contributed by atoms with Gasteiger partial charge >= 0.3 is 0 Å². The predicted octanol–water partition coefficient (Wildman–Crippen LogP) is 3.21. The van der Waals surface area contributed by atoms with Crippen molar-refractivity contribution < 1.29 is 9.13 Å². The van der Waals surface area contributed by atoms with Crippen LogP contribution < -0.4 is 15.8 Å². The minimum absolute atomic E-state index is 0.0974. The van der Waals surface area contributed by atoms with Gasteiger partial charge in [-0.25, -0.2) is 4.39 Å². The van der Waals surface area contributed by atoms with E-state index in [1.54, 1.807) is 19.4 Å². The monoisotopic (exact) mass is 398 g/mol. The van der Waals surface area contributed by atoms with E-state index in [0.717, 1.165) is 16.7 Å². The molecule has 4 aromatic rings. The van der Waals surface area contributed by atoms with E-state index in [9.17, 15) is 4.39 Å². The molecular weight excluding hydrogens is 379 g/mol. The Kier molecular flexibility index (Phi) is 5.18. The maximum absolute atomic E-state index is 14.3. The van der Waals surface area contributed by atoms with E-state index in [4.69, 9.17) is 10.5 Å². The zero-order valence-corrected chi connectivity index (χ0v) is 16.0. The van der Waals surface area contributed by atoms with E-state index in [2.05, 4.69) is 25.7 Å². The van der Waals surface area contributed by atoms with Crippen LogP contribution in [-0.2, 0) is 6.42 Å². The minimum Gasteiger partial charge on any atom is -0.497 e. The van der Waals surface area contributed by atoms with Crippen molar-refractivity contribution in [3.63, 3.8) is 0 Å². The molecule has 0 saturated carbocycles. The molecule has 0 fully saturated rings. The number of nitrogens with two attached hydrogens (primary N) is 1. The summed E-state index contributed by atoms with van der Waals surface area (Å²) < 4.78 is 19.5. The van der Waals surface area contributed by atoms with Crippen LogP contribution in [0.25, 0.3) is 21.5 Å². The van der Waals surface area contributed by atoms with Gasteiger partial charge in [0, 0.05) is 29.6 Å². The smallest absolute Gasteiger partial charge is 0.206 e. The molecule has 0 aliphatic rings. The van der Waals surface area contributed by atoms with Crippen LogP contribution in [-0.4, -0.2) is 40.1 Å². The van der Waals surface area contributed by atoms with Gasteiger partial charge in [-0.3, -0.25) is 5.10 Å². The predicted molar refractivity (Wildman–Crippen MR) is 108 cm³/mol. The number of anilines is 1. The second-order valence-corrected chi connectivity index (χ2v) is 7.37. The van der Waals surface area contributed by atoms with Crippen LogP contribution >= 0.6 is 11.3 Å². The van der Waals surface area contributed by atoms with Gasteiger partial charge in [-0.2, -0.15) is 5.10 Å². The highest BCUT2D eigenvalue weighted by Gasteiger charge is 2.14. The number of benzene rings is 2. The fourth-order valence-electron chi connectivity index (χ4n) is 2.89. The number of rotatable bonds is 7. The Balaban J connectivity index is 1.39. The average Bonchev–Trinajstić information content (AvgIpc) is 3.35. The number of nitrogens with zero attached hydrogens (tertiary/aromatic N) is 3. The molecule has 0 spiro atoms. The molecule has 4 rings (SSSR count). The number of H-pyrrole nitrogens is 1. The highest BCUT2D eigenvalue weighted by molar-refractivity contribution is 7.18. The number of methoxy groups -OCH3 is 1. The van der Waals surface area contributed by atoms with Crippen LogP contribution in [0.5, 0.6) is 5.75 Å². The standard InChI is InChI=1S/C19H19FN6OS/c1-27-14-4-2-11(3-5-14)6-13(21)10-22-19-26-25-18(28-19)15-7-12-9-23-24-17(12)8-16(15)20/h2-5,7-9,13H,6,10,21H2,1H3,(H,22,26)(H,23,24). The molecule has 4 N–H and O–H groups in total. The minimum atomic E-state index is -0.365. The van der Waals surface area contributed by atoms with Gasteiger partial charge in [-0.05, 0) is 30.2 Å². The van der Waals surface area contributed by atoms with Crippen LogP contribution in [0.3, 0.4) is 0 Å². The maximum Gasteiger partial charge on any atom is 0.206 e. The first kappa shape index (κ1) is 18.3. The van der Waals surface area contributed by atoms with Gasteiger partial charge in [0.2, 0.25) is 5.13 Å². The number of hydrogen-bond donors (Lipinski definition) is 3. The lowest BCUT2D eigenvalue weighted by Crippen LogP contribution is -2.31. The summed E-state index contributed by atoms with van der Waals surface area (Å²) in [5, 5.41) is 20.0. The molecule has 144 valence electrons. The molecule has 28 heavy (non-hydrogen) atoms. The Morgan fingerprint density at radius 1 is 1.25 bits per heavy atom. The number of fused-ring (bicyclic) bond motifs is 1. The molecule has 2 aromatic carbocycles. The van der Waals surface area contributed by atoms with Crippen molar-refractivity contribution in [1.29, 1.82) is 0 Å². The van der Waals surface area contributed by atoms with Crippen LogP contribution in [0.1, 0.15) is 5.56 Å². The lowest BCUT2D eigenvalue weighted by Gasteiger charge is -2.12. The summed E-state index contributed by atoms with van der Waals surface area (Å²) in [7, 11) is 1.64. The number of aromatic amines is 1. The summed E-state index contributed by atoms with van der Waals surface area (Å²) in [5.74, 6) is 0.452. The Morgan fingerprint density at radius 2 is 2.07 bits per heavy atom. The molecule has 0 saturated heterocycles. The summed E-state index contributed by atoms with van der Waals surface area (Å²) in [5.41, 5.74) is 8.39. The van der Waals surface area contributed by atoms with Crippen LogP contribution in [0, 0.1) is 5.82 Å². The van der Waals surface area contributed by atoms with Crippen LogP contribution in [0.4, 0.5) is 9.52 Å². The summed E-state index contributed by atoms with van der Waals surface area (Å²) >= 11 is 1.29. The van der Waals surface area contributed by atoms with Crippen LogP contribution in [0.2, 0.25) is 0 Å². The second kappa shape index (κ2) is 7.91. The van der Waals surface area contributed by atoms with Crippen molar-refractivity contribution in [2.24, 2.45) is 5.73 Å².